The second-order valence-electron chi connectivity index (χ2n) is 12.2. The van der Waals surface area contributed by atoms with Gasteiger partial charge in [-0.3, -0.25) is 9.69 Å². The van der Waals surface area contributed by atoms with Crippen molar-refractivity contribution in [2.75, 3.05) is 6.54 Å². The minimum absolute atomic E-state index is 0.0572. The summed E-state index contributed by atoms with van der Waals surface area (Å²) in [4.78, 5) is 53.9. The highest BCUT2D eigenvalue weighted by atomic mass is 16.6. The monoisotopic (exact) mass is 629 g/mol. The zero-order chi connectivity index (χ0) is 32.9. The number of rotatable bonds is 12. The van der Waals surface area contributed by atoms with Crippen molar-refractivity contribution in [3.05, 3.63) is 107 Å². The molecule has 3 amide bonds. The molecule has 1 aliphatic rings. The normalized spacial score (nSPS) is 14.8. The molecule has 244 valence electrons. The van der Waals surface area contributed by atoms with Gasteiger partial charge in [-0.25, -0.2) is 14.4 Å². The van der Waals surface area contributed by atoms with Gasteiger partial charge in [0.15, 0.2) is 0 Å². The molecule has 1 aliphatic heterocycles. The predicted octanol–water partition coefficient (Wildman–Crippen LogP) is 5.67. The SMILES string of the molecule is CC(C)(C)OC(=O)N1Cc2ccccc2C[C@H]1C(=O)N[C@@H](CCCCNC(=O)OCc1ccccc1)C(=O)OCc1ccccc1. The number of amides is 3. The lowest BCUT2D eigenvalue weighted by Crippen LogP contribution is -2.56. The first-order valence-electron chi connectivity index (χ1n) is 15.6. The summed E-state index contributed by atoms with van der Waals surface area (Å²) in [6.45, 7) is 6.08. The summed E-state index contributed by atoms with van der Waals surface area (Å²) < 4.78 is 16.5. The Balaban J connectivity index is 1.38. The fraction of sp³-hybridized carbons (Fsp3) is 0.389. The third kappa shape index (κ3) is 10.6. The molecule has 0 aliphatic carbocycles. The first-order valence-corrected chi connectivity index (χ1v) is 15.6. The summed E-state index contributed by atoms with van der Waals surface area (Å²) >= 11 is 0. The van der Waals surface area contributed by atoms with Gasteiger partial charge in [0.05, 0.1) is 6.54 Å². The Kier molecular flexibility index (Phi) is 12.2. The maximum absolute atomic E-state index is 13.8. The van der Waals surface area contributed by atoms with Crippen LogP contribution in [0.5, 0.6) is 0 Å². The molecule has 2 N–H and O–H groups in total. The lowest BCUT2D eigenvalue weighted by Gasteiger charge is -2.37. The molecule has 0 aromatic heterocycles. The smallest absolute Gasteiger partial charge is 0.411 e. The summed E-state index contributed by atoms with van der Waals surface area (Å²) in [6.07, 6.45) is 0.469. The van der Waals surface area contributed by atoms with Gasteiger partial charge in [0.2, 0.25) is 5.91 Å². The Labute approximate surface area is 270 Å². The van der Waals surface area contributed by atoms with Crippen LogP contribution in [0.25, 0.3) is 0 Å². The molecule has 0 radical (unpaired) electrons. The van der Waals surface area contributed by atoms with Crippen molar-refractivity contribution in [1.29, 1.82) is 0 Å². The Hall–Kier alpha value is -4.86. The van der Waals surface area contributed by atoms with Crippen molar-refractivity contribution in [2.45, 2.75) is 83.9 Å². The number of hydrogen-bond donors (Lipinski definition) is 2. The van der Waals surface area contributed by atoms with Crippen LogP contribution in [0.4, 0.5) is 9.59 Å². The van der Waals surface area contributed by atoms with Crippen LogP contribution in [0, 0.1) is 0 Å². The van der Waals surface area contributed by atoms with Gasteiger partial charge in [-0.2, -0.15) is 0 Å². The van der Waals surface area contributed by atoms with Crippen molar-refractivity contribution in [3.8, 4) is 0 Å². The van der Waals surface area contributed by atoms with E-state index in [2.05, 4.69) is 10.6 Å². The zero-order valence-corrected chi connectivity index (χ0v) is 26.7. The molecule has 10 heteroatoms. The summed E-state index contributed by atoms with van der Waals surface area (Å²) in [5, 5.41) is 5.58. The molecule has 0 unspecified atom stereocenters. The Morgan fingerprint density at radius 2 is 1.39 bits per heavy atom. The highest BCUT2D eigenvalue weighted by Gasteiger charge is 2.38. The summed E-state index contributed by atoms with van der Waals surface area (Å²) in [7, 11) is 0. The summed E-state index contributed by atoms with van der Waals surface area (Å²) in [5.41, 5.74) is 2.85. The van der Waals surface area contributed by atoms with E-state index in [4.69, 9.17) is 14.2 Å². The van der Waals surface area contributed by atoms with Gasteiger partial charge >= 0.3 is 18.2 Å². The number of benzene rings is 3. The zero-order valence-electron chi connectivity index (χ0n) is 26.7. The van der Waals surface area contributed by atoms with E-state index in [1.165, 1.54) is 4.90 Å². The molecule has 0 spiro atoms. The van der Waals surface area contributed by atoms with Crippen LogP contribution in [-0.2, 0) is 50.0 Å². The van der Waals surface area contributed by atoms with Gasteiger partial charge in [-0.05, 0) is 62.3 Å². The topological polar surface area (TPSA) is 123 Å². The minimum Gasteiger partial charge on any atom is -0.459 e. The van der Waals surface area contributed by atoms with Gasteiger partial charge in [0, 0.05) is 13.0 Å². The van der Waals surface area contributed by atoms with Gasteiger partial charge in [-0.1, -0.05) is 84.9 Å². The van der Waals surface area contributed by atoms with E-state index in [0.717, 1.165) is 22.3 Å². The molecular formula is C36H43N3O7. The van der Waals surface area contributed by atoms with Crippen LogP contribution in [0.3, 0.4) is 0 Å². The lowest BCUT2D eigenvalue weighted by molar-refractivity contribution is -0.150. The van der Waals surface area contributed by atoms with Crippen LogP contribution in [0.2, 0.25) is 0 Å². The van der Waals surface area contributed by atoms with Gasteiger partial charge in [0.25, 0.3) is 0 Å². The first-order chi connectivity index (χ1) is 22.1. The average Bonchev–Trinajstić information content (AvgIpc) is 3.05. The molecule has 0 bridgehead atoms. The van der Waals surface area contributed by atoms with E-state index < -0.39 is 41.7 Å². The Morgan fingerprint density at radius 3 is 2.02 bits per heavy atom. The number of hydrogen-bond acceptors (Lipinski definition) is 7. The van der Waals surface area contributed by atoms with E-state index in [0.29, 0.717) is 19.4 Å². The van der Waals surface area contributed by atoms with E-state index in [9.17, 15) is 19.2 Å². The molecule has 4 rings (SSSR count). The number of nitrogens with one attached hydrogen (secondary N) is 2. The van der Waals surface area contributed by atoms with Crippen LogP contribution < -0.4 is 10.6 Å². The number of carbonyl (C=O) groups is 4. The standard InChI is InChI=1S/C36H43N3O7/c1-36(2,3)46-35(43)39-23-29-19-11-10-18-28(29)22-31(39)32(40)38-30(33(41)44-24-26-14-6-4-7-15-26)20-12-13-21-37-34(42)45-25-27-16-8-5-9-17-27/h4-11,14-19,30-31H,12-13,20-25H2,1-3H3,(H,37,42)(H,38,40)/t30-,31-/m0/s1. The molecule has 10 nitrogen and oxygen atoms in total. The van der Waals surface area contributed by atoms with Gasteiger partial charge < -0.3 is 24.8 Å². The molecule has 0 saturated carbocycles. The van der Waals surface area contributed by atoms with E-state index in [1.807, 2.05) is 84.9 Å². The van der Waals surface area contributed by atoms with Crippen molar-refractivity contribution < 1.29 is 33.4 Å². The summed E-state index contributed by atoms with van der Waals surface area (Å²) in [6, 6.07) is 24.5. The fourth-order valence-corrected chi connectivity index (χ4v) is 5.05. The molecule has 46 heavy (non-hydrogen) atoms. The fourth-order valence-electron chi connectivity index (χ4n) is 5.05. The number of carbonyl (C=O) groups excluding carboxylic acids is 4. The quantitative estimate of drug-likeness (QED) is 0.150. The maximum atomic E-state index is 13.8. The molecule has 1 heterocycles. The van der Waals surface area contributed by atoms with Crippen molar-refractivity contribution in [1.82, 2.24) is 15.5 Å². The van der Waals surface area contributed by atoms with Crippen molar-refractivity contribution >= 4 is 24.1 Å². The number of nitrogens with zero attached hydrogens (tertiary/aromatic N) is 1. The lowest BCUT2D eigenvalue weighted by atomic mass is 9.93. The maximum Gasteiger partial charge on any atom is 0.411 e. The highest BCUT2D eigenvalue weighted by molar-refractivity contribution is 5.90. The van der Waals surface area contributed by atoms with Gasteiger partial charge in [0.1, 0.15) is 30.9 Å². The summed E-state index contributed by atoms with van der Waals surface area (Å²) in [5.74, 6) is -1.04. The number of unbranched alkanes of at least 4 members (excludes halogenated alkanes) is 1. The minimum atomic E-state index is -0.959. The molecule has 3 aromatic rings. The number of ether oxygens (including phenoxy) is 3. The Morgan fingerprint density at radius 1 is 0.804 bits per heavy atom. The first kappa shape index (κ1) is 34.0. The van der Waals surface area contributed by atoms with Crippen molar-refractivity contribution in [2.24, 2.45) is 0 Å². The van der Waals surface area contributed by atoms with Crippen LogP contribution in [-0.4, -0.2) is 53.2 Å². The number of fused-ring (bicyclic) bond motifs is 1. The molecular weight excluding hydrogens is 586 g/mol. The van der Waals surface area contributed by atoms with E-state index in [-0.39, 0.29) is 32.6 Å². The largest absolute Gasteiger partial charge is 0.459 e. The van der Waals surface area contributed by atoms with Gasteiger partial charge in [-0.15, -0.1) is 0 Å². The third-order valence-electron chi connectivity index (χ3n) is 7.41. The third-order valence-corrected chi connectivity index (χ3v) is 7.41. The predicted molar refractivity (Wildman–Crippen MR) is 172 cm³/mol. The average molecular weight is 630 g/mol. The second kappa shape index (κ2) is 16.5. The van der Waals surface area contributed by atoms with Crippen LogP contribution >= 0.6 is 0 Å². The molecule has 2 atom stereocenters. The van der Waals surface area contributed by atoms with E-state index >= 15 is 0 Å². The number of alkyl carbamates (subject to hydrolysis) is 1. The van der Waals surface area contributed by atoms with Crippen LogP contribution in [0.1, 0.15) is 62.3 Å². The van der Waals surface area contributed by atoms with E-state index in [1.54, 1.807) is 20.8 Å². The highest BCUT2D eigenvalue weighted by Crippen LogP contribution is 2.26. The molecule has 0 saturated heterocycles. The molecule has 0 fully saturated rings. The van der Waals surface area contributed by atoms with Crippen molar-refractivity contribution in [3.63, 3.8) is 0 Å². The Bertz CT molecular complexity index is 1460. The van der Waals surface area contributed by atoms with Crippen LogP contribution in [0.15, 0.2) is 84.9 Å². The number of esters is 1. The molecule has 3 aromatic carbocycles. The second-order valence-corrected chi connectivity index (χ2v) is 12.2.